The monoisotopic (exact) mass is 485 g/mol. The van der Waals surface area contributed by atoms with Crippen molar-refractivity contribution in [3.63, 3.8) is 0 Å². The molecule has 1 aliphatic heterocycles. The molecule has 5 nitrogen and oxygen atoms in total. The minimum Gasteiger partial charge on any atom is -0.379 e. The lowest BCUT2D eigenvalue weighted by Crippen LogP contribution is -2.41. The fraction of sp³-hybridized carbons (Fsp3) is 0.452. The molecule has 5 heteroatoms. The predicted molar refractivity (Wildman–Crippen MR) is 148 cm³/mol. The van der Waals surface area contributed by atoms with Crippen molar-refractivity contribution in [2.24, 2.45) is 0 Å². The molecule has 0 bridgehead atoms. The number of hydrogen-bond acceptors (Lipinski definition) is 4. The summed E-state index contributed by atoms with van der Waals surface area (Å²) in [4.78, 5) is 17.6. The van der Waals surface area contributed by atoms with Gasteiger partial charge in [-0.15, -0.1) is 0 Å². The second-order valence-corrected chi connectivity index (χ2v) is 10.1. The Balaban J connectivity index is 1.21. The maximum Gasteiger partial charge on any atom is 0.251 e. The van der Waals surface area contributed by atoms with Crippen molar-refractivity contribution in [2.75, 3.05) is 50.8 Å². The number of benzene rings is 3. The summed E-state index contributed by atoms with van der Waals surface area (Å²) in [6.45, 7) is 8.30. The maximum absolute atomic E-state index is 12.7. The second-order valence-electron chi connectivity index (χ2n) is 10.1. The molecule has 3 aromatic carbocycles. The van der Waals surface area contributed by atoms with Crippen molar-refractivity contribution in [1.29, 1.82) is 0 Å². The molecule has 1 saturated carbocycles. The zero-order valence-corrected chi connectivity index (χ0v) is 21.5. The van der Waals surface area contributed by atoms with Gasteiger partial charge in [0, 0.05) is 55.4 Å². The third kappa shape index (κ3) is 5.74. The number of ether oxygens (including phenoxy) is 1. The molecule has 2 aliphatic rings. The van der Waals surface area contributed by atoms with E-state index in [4.69, 9.17) is 4.74 Å². The van der Waals surface area contributed by atoms with Crippen molar-refractivity contribution in [3.05, 3.63) is 77.9 Å². The molecule has 2 fully saturated rings. The third-order valence-corrected chi connectivity index (χ3v) is 7.97. The van der Waals surface area contributed by atoms with E-state index in [1.807, 2.05) is 12.1 Å². The van der Waals surface area contributed by atoms with E-state index in [1.165, 1.54) is 41.3 Å². The molecule has 2 unspecified atom stereocenters. The fourth-order valence-electron chi connectivity index (χ4n) is 5.99. The molecule has 190 valence electrons. The van der Waals surface area contributed by atoms with Crippen molar-refractivity contribution in [3.8, 4) is 0 Å². The average Bonchev–Trinajstić information content (AvgIpc) is 2.94. The molecule has 0 aromatic heterocycles. The highest BCUT2D eigenvalue weighted by Gasteiger charge is 2.28. The SMILES string of the molecule is CCN(c1cccc2ccccc12)C1CCCC(c2ccc(C(=O)NCCN3CCOCC3)cc2)C1. The first-order chi connectivity index (χ1) is 17.7. The molecule has 36 heavy (non-hydrogen) atoms. The van der Waals surface area contributed by atoms with Crippen LogP contribution in [0.15, 0.2) is 66.7 Å². The average molecular weight is 486 g/mol. The van der Waals surface area contributed by atoms with E-state index in [9.17, 15) is 4.79 Å². The van der Waals surface area contributed by atoms with Crippen LogP contribution >= 0.6 is 0 Å². The first kappa shape index (κ1) is 24.8. The fourth-order valence-corrected chi connectivity index (χ4v) is 5.99. The minimum atomic E-state index is 0.0180. The molecule has 3 aromatic rings. The summed E-state index contributed by atoms with van der Waals surface area (Å²) < 4.78 is 5.39. The Bertz CT molecular complexity index is 1130. The van der Waals surface area contributed by atoms with Crippen molar-refractivity contribution < 1.29 is 9.53 Å². The molecular weight excluding hydrogens is 446 g/mol. The first-order valence-corrected chi connectivity index (χ1v) is 13.7. The van der Waals surface area contributed by atoms with E-state index in [0.717, 1.165) is 51.4 Å². The zero-order chi connectivity index (χ0) is 24.7. The Hall–Kier alpha value is -2.89. The van der Waals surface area contributed by atoms with E-state index in [2.05, 4.69) is 76.6 Å². The van der Waals surface area contributed by atoms with Crippen LogP contribution in [-0.4, -0.2) is 62.8 Å². The maximum atomic E-state index is 12.7. The van der Waals surface area contributed by atoms with Crippen LogP contribution in [0.4, 0.5) is 5.69 Å². The highest BCUT2D eigenvalue weighted by molar-refractivity contribution is 5.95. The second kappa shape index (κ2) is 11.9. The van der Waals surface area contributed by atoms with Gasteiger partial charge in [0.15, 0.2) is 0 Å². The number of carbonyl (C=O) groups excluding carboxylic acids is 1. The molecule has 1 amide bonds. The topological polar surface area (TPSA) is 44.8 Å². The van der Waals surface area contributed by atoms with Crippen LogP contribution in [0.2, 0.25) is 0 Å². The Morgan fingerprint density at radius 1 is 1.00 bits per heavy atom. The van der Waals surface area contributed by atoms with Gasteiger partial charge in [0.25, 0.3) is 5.91 Å². The van der Waals surface area contributed by atoms with Gasteiger partial charge in [-0.3, -0.25) is 9.69 Å². The van der Waals surface area contributed by atoms with Crippen molar-refractivity contribution >= 4 is 22.4 Å². The van der Waals surface area contributed by atoms with E-state index >= 15 is 0 Å². The van der Waals surface area contributed by atoms with Crippen molar-refractivity contribution in [1.82, 2.24) is 10.2 Å². The molecule has 1 saturated heterocycles. The van der Waals surface area contributed by atoms with Crippen LogP contribution in [0.1, 0.15) is 54.4 Å². The lowest BCUT2D eigenvalue weighted by molar-refractivity contribution is 0.0383. The molecule has 1 heterocycles. The lowest BCUT2D eigenvalue weighted by Gasteiger charge is -2.39. The number of rotatable bonds is 8. The van der Waals surface area contributed by atoms with E-state index in [-0.39, 0.29) is 5.91 Å². The number of amides is 1. The third-order valence-electron chi connectivity index (χ3n) is 7.97. The summed E-state index contributed by atoms with van der Waals surface area (Å²) in [6.07, 6.45) is 4.84. The number of anilines is 1. The molecule has 1 aliphatic carbocycles. The number of fused-ring (bicyclic) bond motifs is 1. The van der Waals surface area contributed by atoms with E-state index in [0.29, 0.717) is 18.5 Å². The summed E-state index contributed by atoms with van der Waals surface area (Å²) >= 11 is 0. The lowest BCUT2D eigenvalue weighted by atomic mass is 9.80. The number of morpholine rings is 1. The van der Waals surface area contributed by atoms with E-state index < -0.39 is 0 Å². The van der Waals surface area contributed by atoms with Gasteiger partial charge < -0.3 is 15.0 Å². The van der Waals surface area contributed by atoms with Gasteiger partial charge in [-0.2, -0.15) is 0 Å². The summed E-state index contributed by atoms with van der Waals surface area (Å²) in [5.74, 6) is 0.552. The summed E-state index contributed by atoms with van der Waals surface area (Å²) in [5.41, 5.74) is 3.46. The summed E-state index contributed by atoms with van der Waals surface area (Å²) in [5, 5.41) is 5.73. The Morgan fingerprint density at radius 3 is 2.58 bits per heavy atom. The van der Waals surface area contributed by atoms with Gasteiger partial charge in [-0.25, -0.2) is 0 Å². The minimum absolute atomic E-state index is 0.0180. The summed E-state index contributed by atoms with van der Waals surface area (Å²) in [7, 11) is 0. The van der Waals surface area contributed by atoms with Gasteiger partial charge in [0.05, 0.1) is 13.2 Å². The molecule has 5 rings (SSSR count). The van der Waals surface area contributed by atoms with Crippen LogP contribution in [0.25, 0.3) is 10.8 Å². The number of carbonyl (C=O) groups is 1. The highest BCUT2D eigenvalue weighted by atomic mass is 16.5. The van der Waals surface area contributed by atoms with Gasteiger partial charge in [0.2, 0.25) is 0 Å². The highest BCUT2D eigenvalue weighted by Crippen LogP contribution is 2.38. The Labute approximate surface area is 215 Å². The zero-order valence-electron chi connectivity index (χ0n) is 21.5. The quantitative estimate of drug-likeness (QED) is 0.461. The predicted octanol–water partition coefficient (Wildman–Crippen LogP) is 5.45. The molecular formula is C31H39N3O2. The Kier molecular flexibility index (Phi) is 8.19. The number of hydrogen-bond donors (Lipinski definition) is 1. The standard InChI is InChI=1S/C31H39N3O2/c1-2-34(30-12-6-8-25-7-3-4-11-29(25)30)28-10-5-9-27(23-28)24-13-15-26(16-14-24)31(35)32-17-18-33-19-21-36-22-20-33/h3-4,6-8,11-16,27-28H,2,5,9-10,17-23H2,1H3,(H,32,35). The van der Waals surface area contributed by atoms with Crippen molar-refractivity contribution in [2.45, 2.75) is 44.6 Å². The molecule has 2 atom stereocenters. The molecule has 0 spiro atoms. The van der Waals surface area contributed by atoms with E-state index in [1.54, 1.807) is 0 Å². The number of nitrogens with zero attached hydrogens (tertiary/aromatic N) is 2. The van der Waals surface area contributed by atoms with Crippen LogP contribution in [0.3, 0.4) is 0 Å². The van der Waals surface area contributed by atoms with Crippen LogP contribution in [0.5, 0.6) is 0 Å². The largest absolute Gasteiger partial charge is 0.379 e. The van der Waals surface area contributed by atoms with Crippen LogP contribution in [-0.2, 0) is 4.74 Å². The van der Waals surface area contributed by atoms with Gasteiger partial charge in [0.1, 0.15) is 0 Å². The number of nitrogens with one attached hydrogen (secondary N) is 1. The van der Waals surface area contributed by atoms with Gasteiger partial charge >= 0.3 is 0 Å². The van der Waals surface area contributed by atoms with Gasteiger partial charge in [-0.1, -0.05) is 55.0 Å². The normalized spacial score (nSPS) is 20.8. The molecule has 1 N–H and O–H groups in total. The van der Waals surface area contributed by atoms with Crippen LogP contribution in [0, 0.1) is 0 Å². The smallest absolute Gasteiger partial charge is 0.251 e. The van der Waals surface area contributed by atoms with Crippen LogP contribution < -0.4 is 10.2 Å². The first-order valence-electron chi connectivity index (χ1n) is 13.7. The summed E-state index contributed by atoms with van der Waals surface area (Å²) in [6, 6.07) is 24.3. The van der Waals surface area contributed by atoms with Gasteiger partial charge in [-0.05, 0) is 61.3 Å². The molecule has 0 radical (unpaired) electrons. The Morgan fingerprint density at radius 2 is 1.78 bits per heavy atom.